The van der Waals surface area contributed by atoms with E-state index in [-0.39, 0.29) is 48.9 Å². The lowest BCUT2D eigenvalue weighted by Gasteiger charge is -2.58. The molecule has 0 radical (unpaired) electrons. The predicted octanol–water partition coefficient (Wildman–Crippen LogP) is 0.745. The summed E-state index contributed by atoms with van der Waals surface area (Å²) in [6, 6.07) is 7.56. The van der Waals surface area contributed by atoms with E-state index in [9.17, 15) is 14.7 Å². The lowest BCUT2D eigenvalue weighted by Crippen LogP contribution is -2.71. The van der Waals surface area contributed by atoms with Gasteiger partial charge in [0.15, 0.2) is 0 Å². The van der Waals surface area contributed by atoms with Gasteiger partial charge in [-0.1, -0.05) is 18.2 Å². The lowest BCUT2D eigenvalue weighted by molar-refractivity contribution is -0.155. The molecule has 2 heterocycles. The number of hydrogen-bond acceptors (Lipinski definition) is 4. The molecule has 6 nitrogen and oxygen atoms in total. The summed E-state index contributed by atoms with van der Waals surface area (Å²) in [7, 11) is 1.49. The number of aliphatic hydroxyl groups excluding tert-OH is 1. The summed E-state index contributed by atoms with van der Waals surface area (Å²) in [5.41, 5.74) is 2.00. The number of hydrogen-bond donors (Lipinski definition) is 1. The van der Waals surface area contributed by atoms with E-state index in [0.29, 0.717) is 6.54 Å². The van der Waals surface area contributed by atoms with Crippen LogP contribution in [0, 0.1) is 5.92 Å². The molecule has 1 aromatic carbocycles. The first kappa shape index (κ1) is 15.6. The molecule has 0 bridgehead atoms. The van der Waals surface area contributed by atoms with Crippen molar-refractivity contribution in [2.45, 2.75) is 30.8 Å². The number of rotatable bonds is 4. The predicted molar refractivity (Wildman–Crippen MR) is 87.6 cm³/mol. The Bertz CT molecular complexity index is 673. The first-order valence-electron chi connectivity index (χ1n) is 8.48. The van der Waals surface area contributed by atoms with Crippen molar-refractivity contribution in [1.29, 1.82) is 0 Å². The standard InChI is InChI=1S/C18H22N2O4/c1-24-10-16(22)20-14-8-19(18(23)11-6-7-11)13-5-3-2-4-12(13)17(14)15(20)9-21/h2-5,11,14-15,17,21H,6-10H2,1H3/t14-,15-,17+/m0/s1. The Morgan fingerprint density at radius 2 is 2.04 bits per heavy atom. The normalized spacial score (nSPS) is 28.0. The molecular weight excluding hydrogens is 308 g/mol. The molecule has 128 valence electrons. The minimum atomic E-state index is -0.239. The number of ether oxygens (including phenoxy) is 1. The van der Waals surface area contributed by atoms with Crippen LogP contribution in [-0.4, -0.2) is 60.8 Å². The molecule has 0 unspecified atom stereocenters. The Hall–Kier alpha value is -1.92. The van der Waals surface area contributed by atoms with Crippen LogP contribution in [0.5, 0.6) is 0 Å². The third-order valence-electron chi connectivity index (χ3n) is 5.44. The van der Waals surface area contributed by atoms with Crippen molar-refractivity contribution in [2.24, 2.45) is 5.92 Å². The van der Waals surface area contributed by atoms with Crippen molar-refractivity contribution >= 4 is 17.5 Å². The quantitative estimate of drug-likeness (QED) is 0.884. The third-order valence-corrected chi connectivity index (χ3v) is 5.44. The van der Waals surface area contributed by atoms with E-state index in [1.54, 1.807) is 4.90 Å². The van der Waals surface area contributed by atoms with Gasteiger partial charge in [-0.2, -0.15) is 0 Å². The molecule has 2 aliphatic heterocycles. The molecule has 6 heteroatoms. The average Bonchev–Trinajstić information content (AvgIpc) is 3.40. The molecule has 2 amide bonds. The average molecular weight is 330 g/mol. The van der Waals surface area contributed by atoms with Crippen LogP contribution < -0.4 is 4.90 Å². The minimum Gasteiger partial charge on any atom is -0.394 e. The van der Waals surface area contributed by atoms with Crippen LogP contribution in [0.2, 0.25) is 0 Å². The summed E-state index contributed by atoms with van der Waals surface area (Å²) < 4.78 is 4.97. The Morgan fingerprint density at radius 3 is 2.71 bits per heavy atom. The first-order chi connectivity index (χ1) is 11.7. The highest BCUT2D eigenvalue weighted by atomic mass is 16.5. The molecule has 24 heavy (non-hydrogen) atoms. The van der Waals surface area contributed by atoms with Crippen molar-refractivity contribution in [3.8, 4) is 0 Å². The number of methoxy groups -OCH3 is 1. The monoisotopic (exact) mass is 330 g/mol. The molecule has 1 aliphatic carbocycles. The second kappa shape index (κ2) is 5.86. The second-order valence-electron chi connectivity index (χ2n) is 6.86. The fourth-order valence-corrected chi connectivity index (χ4v) is 4.19. The molecular formula is C18H22N2O4. The highest BCUT2D eigenvalue weighted by Gasteiger charge is 2.55. The maximum Gasteiger partial charge on any atom is 0.249 e. The maximum atomic E-state index is 12.7. The molecule has 1 N–H and O–H groups in total. The second-order valence-corrected chi connectivity index (χ2v) is 6.86. The van der Waals surface area contributed by atoms with Crippen molar-refractivity contribution < 1.29 is 19.4 Å². The molecule has 4 rings (SSSR count). The fraction of sp³-hybridized carbons (Fsp3) is 0.556. The number of para-hydroxylation sites is 1. The van der Waals surface area contributed by atoms with Gasteiger partial charge in [-0.15, -0.1) is 0 Å². The number of fused-ring (bicyclic) bond motifs is 3. The zero-order valence-corrected chi connectivity index (χ0v) is 13.7. The molecule has 0 spiro atoms. The van der Waals surface area contributed by atoms with Gasteiger partial charge < -0.3 is 19.6 Å². The molecule has 1 saturated heterocycles. The Morgan fingerprint density at radius 1 is 1.29 bits per heavy atom. The van der Waals surface area contributed by atoms with Gasteiger partial charge in [0.05, 0.1) is 18.7 Å². The van der Waals surface area contributed by atoms with E-state index in [0.717, 1.165) is 24.1 Å². The van der Waals surface area contributed by atoms with Crippen LogP contribution in [-0.2, 0) is 14.3 Å². The van der Waals surface area contributed by atoms with Gasteiger partial charge in [0.2, 0.25) is 11.8 Å². The SMILES string of the molecule is COCC(=O)N1[C@@H](CO)[C@@H]2c3ccccc3N(C(=O)C3CC3)C[C@@H]21. The van der Waals surface area contributed by atoms with Crippen molar-refractivity contribution in [1.82, 2.24) is 4.90 Å². The number of amides is 2. The summed E-state index contributed by atoms with van der Waals surface area (Å²) in [6.07, 6.45) is 1.91. The maximum absolute atomic E-state index is 12.7. The van der Waals surface area contributed by atoms with Gasteiger partial charge in [0, 0.05) is 31.2 Å². The molecule has 0 aromatic heterocycles. The highest BCUT2D eigenvalue weighted by molar-refractivity contribution is 5.98. The Balaban J connectivity index is 1.69. The third kappa shape index (κ3) is 2.24. The van der Waals surface area contributed by atoms with Gasteiger partial charge in [-0.25, -0.2) is 0 Å². The van der Waals surface area contributed by atoms with Gasteiger partial charge in [-0.3, -0.25) is 9.59 Å². The number of aliphatic hydroxyl groups is 1. The smallest absolute Gasteiger partial charge is 0.249 e. The summed E-state index contributed by atoms with van der Waals surface area (Å²) in [5.74, 6) is 0.241. The summed E-state index contributed by atoms with van der Waals surface area (Å²) in [4.78, 5) is 28.6. The van der Waals surface area contributed by atoms with E-state index in [1.807, 2.05) is 29.2 Å². The largest absolute Gasteiger partial charge is 0.394 e. The summed E-state index contributed by atoms with van der Waals surface area (Å²) in [5, 5.41) is 9.80. The van der Waals surface area contributed by atoms with Crippen LogP contribution in [0.25, 0.3) is 0 Å². The Kier molecular flexibility index (Phi) is 3.81. The zero-order valence-electron chi connectivity index (χ0n) is 13.7. The molecule has 1 aromatic rings. The summed E-state index contributed by atoms with van der Waals surface area (Å²) in [6.45, 7) is 0.419. The van der Waals surface area contributed by atoms with E-state index >= 15 is 0 Å². The topological polar surface area (TPSA) is 70.1 Å². The van der Waals surface area contributed by atoms with Crippen molar-refractivity contribution in [3.05, 3.63) is 29.8 Å². The van der Waals surface area contributed by atoms with E-state index < -0.39 is 0 Å². The van der Waals surface area contributed by atoms with Crippen LogP contribution in [0.15, 0.2) is 24.3 Å². The number of anilines is 1. The van der Waals surface area contributed by atoms with Gasteiger partial charge in [0.25, 0.3) is 0 Å². The van der Waals surface area contributed by atoms with Crippen LogP contribution in [0.4, 0.5) is 5.69 Å². The van der Waals surface area contributed by atoms with E-state index in [4.69, 9.17) is 4.74 Å². The van der Waals surface area contributed by atoms with E-state index in [1.165, 1.54) is 7.11 Å². The first-order valence-corrected chi connectivity index (χ1v) is 8.48. The summed E-state index contributed by atoms with van der Waals surface area (Å²) >= 11 is 0. The Labute approximate surface area is 141 Å². The highest BCUT2D eigenvalue weighted by Crippen LogP contribution is 2.49. The van der Waals surface area contributed by atoms with Crippen molar-refractivity contribution in [2.75, 3.05) is 31.8 Å². The van der Waals surface area contributed by atoms with Gasteiger partial charge >= 0.3 is 0 Å². The number of nitrogens with zero attached hydrogens (tertiary/aromatic N) is 2. The number of benzene rings is 1. The fourth-order valence-electron chi connectivity index (χ4n) is 4.19. The van der Waals surface area contributed by atoms with E-state index in [2.05, 4.69) is 0 Å². The minimum absolute atomic E-state index is 0.00205. The lowest BCUT2D eigenvalue weighted by atomic mass is 9.72. The van der Waals surface area contributed by atoms with Crippen LogP contribution >= 0.6 is 0 Å². The molecule has 2 fully saturated rings. The van der Waals surface area contributed by atoms with Crippen molar-refractivity contribution in [3.63, 3.8) is 0 Å². The molecule has 1 saturated carbocycles. The molecule has 3 atom stereocenters. The number of carbonyl (C=O) groups is 2. The van der Waals surface area contributed by atoms with Crippen LogP contribution in [0.1, 0.15) is 24.3 Å². The molecule has 3 aliphatic rings. The van der Waals surface area contributed by atoms with Crippen LogP contribution in [0.3, 0.4) is 0 Å². The van der Waals surface area contributed by atoms with Gasteiger partial charge in [-0.05, 0) is 24.5 Å². The number of likely N-dealkylation sites (tertiary alicyclic amines) is 1. The van der Waals surface area contributed by atoms with Gasteiger partial charge in [0.1, 0.15) is 6.61 Å². The zero-order chi connectivity index (χ0) is 16.8. The number of carbonyl (C=O) groups excluding carboxylic acids is 2.